The number of allylic oxidation sites excluding steroid dienone is 4. The summed E-state index contributed by atoms with van der Waals surface area (Å²) in [6.07, 6.45) is 11.0. The molecule has 0 radical (unpaired) electrons. The third-order valence-corrected chi connectivity index (χ3v) is 6.79. The van der Waals surface area contributed by atoms with E-state index >= 15 is 0 Å². The Bertz CT molecular complexity index is 1070. The molecule has 0 atom stereocenters. The molecule has 0 aliphatic heterocycles. The van der Waals surface area contributed by atoms with Crippen molar-refractivity contribution in [3.8, 4) is 11.1 Å². The Balaban J connectivity index is 0.00000272. The van der Waals surface area contributed by atoms with Crippen LogP contribution in [0.1, 0.15) is 101 Å². The average Bonchev–Trinajstić information content (AvgIpc) is 3.31. The van der Waals surface area contributed by atoms with Gasteiger partial charge in [-0.15, -0.1) is 27.8 Å². The maximum atomic E-state index is 3.97. The molecule has 0 saturated heterocycles. The molecule has 31 heavy (non-hydrogen) atoms. The predicted molar refractivity (Wildman–Crippen MR) is 131 cm³/mol. The van der Waals surface area contributed by atoms with E-state index in [1.165, 1.54) is 50.1 Å². The second-order valence-corrected chi connectivity index (χ2v) is 11.1. The molecule has 2 aliphatic rings. The Kier molecular flexibility index (Phi) is 6.80. The summed E-state index contributed by atoms with van der Waals surface area (Å²) in [5.74, 6) is 0. The number of hydrogen-bond acceptors (Lipinski definition) is 0. The molecule has 2 aromatic carbocycles. The van der Waals surface area contributed by atoms with Crippen LogP contribution < -0.4 is 0 Å². The van der Waals surface area contributed by atoms with Gasteiger partial charge in [-0.3, -0.25) is 0 Å². The fourth-order valence-corrected chi connectivity index (χ4v) is 5.20. The predicted octanol–water partition coefficient (Wildman–Crippen LogP) is 8.12. The summed E-state index contributed by atoms with van der Waals surface area (Å²) in [4.78, 5) is 0. The van der Waals surface area contributed by atoms with Gasteiger partial charge in [-0.05, 0) is 41.2 Å². The second-order valence-electron chi connectivity index (χ2n) is 11.1. The fourth-order valence-electron chi connectivity index (χ4n) is 5.20. The second kappa shape index (κ2) is 8.63. The fraction of sp³-hybridized carbons (Fsp3) is 0.467. The number of hydrogen-bond donors (Lipinski definition) is 0. The van der Waals surface area contributed by atoms with Crippen molar-refractivity contribution in [1.29, 1.82) is 0 Å². The van der Waals surface area contributed by atoms with E-state index in [-0.39, 0.29) is 37.0 Å². The molecule has 0 heterocycles. The van der Waals surface area contributed by atoms with E-state index in [1.807, 2.05) is 0 Å². The zero-order valence-electron chi connectivity index (χ0n) is 20.7. The van der Waals surface area contributed by atoms with Crippen LogP contribution in [-0.4, -0.2) is 0 Å². The third-order valence-electron chi connectivity index (χ3n) is 6.79. The normalized spacial score (nSPS) is 14.9. The van der Waals surface area contributed by atoms with Gasteiger partial charge in [0.25, 0.3) is 0 Å². The van der Waals surface area contributed by atoms with Gasteiger partial charge in [0, 0.05) is 26.2 Å². The van der Waals surface area contributed by atoms with Crippen LogP contribution in [0, 0.1) is 6.07 Å². The summed E-state index contributed by atoms with van der Waals surface area (Å²) in [5.41, 5.74) is 15.0. The van der Waals surface area contributed by atoms with Crippen LogP contribution in [0.5, 0.6) is 0 Å². The van der Waals surface area contributed by atoms with Gasteiger partial charge in [0.15, 0.2) is 0 Å². The van der Waals surface area contributed by atoms with Crippen molar-refractivity contribution >= 4 is 5.57 Å². The smallest absolute Gasteiger partial charge is 0 e. The van der Waals surface area contributed by atoms with Gasteiger partial charge in [0.2, 0.25) is 0 Å². The van der Waals surface area contributed by atoms with Gasteiger partial charge in [0.1, 0.15) is 0 Å². The van der Waals surface area contributed by atoms with E-state index in [0.717, 1.165) is 25.7 Å². The number of fused-ring (bicyclic) bond motifs is 3. The van der Waals surface area contributed by atoms with Gasteiger partial charge in [-0.2, -0.15) is 6.07 Å². The molecule has 0 amide bonds. The first-order valence-corrected chi connectivity index (χ1v) is 11.7. The summed E-state index contributed by atoms with van der Waals surface area (Å²) in [6.45, 7) is 18.7. The van der Waals surface area contributed by atoms with E-state index in [9.17, 15) is 0 Å². The molecule has 0 bridgehead atoms. The van der Waals surface area contributed by atoms with Gasteiger partial charge in [-0.25, -0.2) is 0 Å². The summed E-state index contributed by atoms with van der Waals surface area (Å²) in [5, 5.41) is 0. The molecule has 0 N–H and O–H groups in total. The average molecular weight is 489 g/mol. The van der Waals surface area contributed by atoms with Crippen molar-refractivity contribution in [2.24, 2.45) is 0 Å². The largest absolute Gasteiger partial charge is 0.175 e. The first-order valence-electron chi connectivity index (χ1n) is 11.7. The van der Waals surface area contributed by atoms with Crippen molar-refractivity contribution < 1.29 is 26.2 Å². The number of rotatable bonds is 3. The standard InChI is InChI=1S/C30H37.Zr/c1-9-19-16-23(29(3,4)5)17-21-15-22-18-25(30(6,7)8)27(20-13-11-12-14-20)24(10-2)28(22)26(19)21;/h11-13,16-17H,9-10,14-15H2,1-8H3;/q-1;. The third kappa shape index (κ3) is 4.25. The van der Waals surface area contributed by atoms with E-state index in [1.54, 1.807) is 5.56 Å². The van der Waals surface area contributed by atoms with Crippen LogP contribution in [0.15, 0.2) is 30.4 Å². The number of aryl methyl sites for hydroxylation is 1. The molecule has 0 aromatic heterocycles. The van der Waals surface area contributed by atoms with E-state index in [0.29, 0.717) is 0 Å². The van der Waals surface area contributed by atoms with Crippen LogP contribution >= 0.6 is 0 Å². The van der Waals surface area contributed by atoms with E-state index in [4.69, 9.17) is 0 Å². The molecule has 2 aliphatic carbocycles. The minimum atomic E-state index is 0. The van der Waals surface area contributed by atoms with E-state index < -0.39 is 0 Å². The minimum absolute atomic E-state index is 0. The Labute approximate surface area is 209 Å². The molecule has 0 unspecified atom stereocenters. The summed E-state index contributed by atoms with van der Waals surface area (Å²) >= 11 is 0. The Morgan fingerprint density at radius 3 is 2.10 bits per heavy atom. The molecule has 0 saturated carbocycles. The van der Waals surface area contributed by atoms with Crippen LogP contribution in [0.25, 0.3) is 16.7 Å². The summed E-state index contributed by atoms with van der Waals surface area (Å²) in [6, 6.07) is 8.93. The molecule has 4 rings (SSSR count). The topological polar surface area (TPSA) is 0 Å². The molecule has 1 heteroatoms. The van der Waals surface area contributed by atoms with Crippen LogP contribution in [0.2, 0.25) is 0 Å². The van der Waals surface area contributed by atoms with Crippen LogP contribution in [-0.2, 0) is 56.3 Å². The quantitative estimate of drug-likeness (QED) is 0.327. The van der Waals surface area contributed by atoms with Gasteiger partial charge < -0.3 is 0 Å². The molecular formula is C30H37Zr-. The molecule has 162 valence electrons. The van der Waals surface area contributed by atoms with Gasteiger partial charge >= 0.3 is 0 Å². The SMILES string of the molecule is CCc1cc(C(C)(C)C)cc2c1-c1c([c-]c(C(C)(C)C)c(C3=CC=CC3)c1CC)C2.[Zr]. The molecule has 0 fully saturated rings. The monoisotopic (exact) mass is 487 g/mol. The van der Waals surface area contributed by atoms with Crippen molar-refractivity contribution in [1.82, 2.24) is 0 Å². The van der Waals surface area contributed by atoms with Crippen molar-refractivity contribution in [3.63, 3.8) is 0 Å². The first kappa shape index (κ1) is 24.4. The molecule has 2 aromatic rings. The first-order chi connectivity index (χ1) is 14.1. The van der Waals surface area contributed by atoms with Crippen molar-refractivity contribution in [3.05, 3.63) is 75.4 Å². The summed E-state index contributed by atoms with van der Waals surface area (Å²) in [7, 11) is 0. The molecular weight excluding hydrogens is 452 g/mol. The van der Waals surface area contributed by atoms with Crippen molar-refractivity contribution in [2.75, 3.05) is 0 Å². The van der Waals surface area contributed by atoms with Crippen LogP contribution in [0.3, 0.4) is 0 Å². The van der Waals surface area contributed by atoms with Gasteiger partial charge in [0.05, 0.1) is 0 Å². The zero-order valence-corrected chi connectivity index (χ0v) is 23.2. The zero-order chi connectivity index (χ0) is 21.8. The van der Waals surface area contributed by atoms with E-state index in [2.05, 4.69) is 91.8 Å². The Morgan fingerprint density at radius 2 is 1.58 bits per heavy atom. The minimum Gasteiger partial charge on any atom is -0.175 e. The Morgan fingerprint density at radius 1 is 0.871 bits per heavy atom. The van der Waals surface area contributed by atoms with Crippen molar-refractivity contribution in [2.45, 2.75) is 91.9 Å². The number of benzene rings is 2. The molecule has 0 nitrogen and oxygen atoms in total. The molecule has 0 spiro atoms. The maximum Gasteiger partial charge on any atom is 0 e. The maximum absolute atomic E-state index is 3.97. The Hall–Kier alpha value is -1.20. The van der Waals surface area contributed by atoms with Crippen LogP contribution in [0.4, 0.5) is 0 Å². The summed E-state index contributed by atoms with van der Waals surface area (Å²) < 4.78 is 0. The van der Waals surface area contributed by atoms with Gasteiger partial charge in [-0.1, -0.05) is 109 Å².